The summed E-state index contributed by atoms with van der Waals surface area (Å²) >= 11 is 0. The van der Waals surface area contributed by atoms with Crippen LogP contribution in [0.2, 0.25) is 0 Å². The molecule has 0 saturated carbocycles. The zero-order valence-corrected chi connectivity index (χ0v) is 10.5. The molecule has 1 unspecified atom stereocenters. The third kappa shape index (κ3) is 2.38. The molecule has 0 spiro atoms. The lowest BCUT2D eigenvalue weighted by Gasteiger charge is -2.35. The number of methoxy groups -OCH3 is 1. The van der Waals surface area contributed by atoms with E-state index in [0.717, 1.165) is 5.56 Å². The van der Waals surface area contributed by atoms with Gasteiger partial charge in [-0.25, -0.2) is 9.78 Å². The third-order valence-electron chi connectivity index (χ3n) is 2.91. The van der Waals surface area contributed by atoms with Crippen LogP contribution in [0.5, 0.6) is 0 Å². The van der Waals surface area contributed by atoms with Crippen LogP contribution >= 0.6 is 0 Å². The fourth-order valence-electron chi connectivity index (χ4n) is 2.01. The molecule has 0 amide bonds. The van der Waals surface area contributed by atoms with Crippen LogP contribution in [0.1, 0.15) is 5.56 Å². The lowest BCUT2D eigenvalue weighted by Crippen LogP contribution is -2.51. The smallest absolute Gasteiger partial charge is 0.330 e. The highest BCUT2D eigenvalue weighted by Gasteiger charge is 2.32. The number of aromatic nitrogens is 1. The number of hydrogen-bond donors (Lipinski definition) is 1. The molecule has 2 heterocycles. The summed E-state index contributed by atoms with van der Waals surface area (Å²) in [6.07, 6.45) is 1.73. The summed E-state index contributed by atoms with van der Waals surface area (Å²) in [6, 6.07) is 1.35. The Hall–Kier alpha value is -1.82. The van der Waals surface area contributed by atoms with Gasteiger partial charge >= 0.3 is 5.97 Å². The van der Waals surface area contributed by atoms with Gasteiger partial charge in [-0.1, -0.05) is 0 Å². The summed E-state index contributed by atoms with van der Waals surface area (Å²) in [5.74, 6) is 0.274. The van der Waals surface area contributed by atoms with Gasteiger partial charge in [0.15, 0.2) is 11.9 Å². The zero-order valence-electron chi connectivity index (χ0n) is 10.5. The first kappa shape index (κ1) is 12.6. The quantitative estimate of drug-likeness (QED) is 0.764. The number of pyridine rings is 1. The minimum Gasteiger partial charge on any atom is -0.467 e. The highest BCUT2D eigenvalue weighted by molar-refractivity contribution is 5.81. The fourth-order valence-corrected chi connectivity index (χ4v) is 2.01. The van der Waals surface area contributed by atoms with E-state index in [4.69, 9.17) is 15.2 Å². The van der Waals surface area contributed by atoms with Crippen molar-refractivity contribution in [2.75, 3.05) is 37.5 Å². The van der Waals surface area contributed by atoms with Crippen LogP contribution in [0.4, 0.5) is 11.5 Å². The van der Waals surface area contributed by atoms with E-state index in [9.17, 15) is 4.79 Å². The van der Waals surface area contributed by atoms with E-state index in [-0.39, 0.29) is 5.97 Å². The summed E-state index contributed by atoms with van der Waals surface area (Å²) in [6.45, 7) is 3.33. The van der Waals surface area contributed by atoms with Gasteiger partial charge in [0.2, 0.25) is 0 Å². The lowest BCUT2D eigenvalue weighted by atomic mass is 10.2. The van der Waals surface area contributed by atoms with Crippen LogP contribution < -0.4 is 10.6 Å². The lowest BCUT2D eigenvalue weighted by molar-refractivity contribution is -0.144. The number of rotatable bonds is 2. The Labute approximate surface area is 106 Å². The second-order valence-corrected chi connectivity index (χ2v) is 4.23. The maximum atomic E-state index is 11.7. The highest BCUT2D eigenvalue weighted by atomic mass is 16.5. The molecule has 0 bridgehead atoms. The number of carbonyl (C=O) groups is 1. The molecule has 6 heteroatoms. The Morgan fingerprint density at radius 2 is 2.44 bits per heavy atom. The van der Waals surface area contributed by atoms with Crippen molar-refractivity contribution in [1.82, 2.24) is 4.98 Å². The van der Waals surface area contributed by atoms with Gasteiger partial charge in [0.1, 0.15) is 0 Å². The summed E-state index contributed by atoms with van der Waals surface area (Å²) in [5, 5.41) is 0. The molecular weight excluding hydrogens is 234 g/mol. The second kappa shape index (κ2) is 5.22. The predicted octanol–water partition coefficient (Wildman–Crippen LogP) is 0.350. The Kier molecular flexibility index (Phi) is 3.66. The molecule has 1 aliphatic heterocycles. The number of anilines is 2. The van der Waals surface area contributed by atoms with Crippen molar-refractivity contribution >= 4 is 17.5 Å². The molecule has 2 rings (SSSR count). The number of carbonyl (C=O) groups excluding carboxylic acids is 1. The standard InChI is InChI=1S/C12H17N3O3/c1-8-5-9(13)11(14-6-8)15-3-4-18-7-10(15)12(16)17-2/h5-6,10H,3-4,7,13H2,1-2H3. The predicted molar refractivity (Wildman–Crippen MR) is 67.4 cm³/mol. The molecule has 1 aromatic rings. The monoisotopic (exact) mass is 251 g/mol. The number of morpholine rings is 1. The average molecular weight is 251 g/mol. The van der Waals surface area contributed by atoms with Crippen LogP contribution in [0.25, 0.3) is 0 Å². The number of nitrogens with two attached hydrogens (primary N) is 1. The first-order valence-electron chi connectivity index (χ1n) is 5.78. The molecule has 2 N–H and O–H groups in total. The first-order chi connectivity index (χ1) is 8.63. The van der Waals surface area contributed by atoms with Crippen molar-refractivity contribution in [3.8, 4) is 0 Å². The molecule has 18 heavy (non-hydrogen) atoms. The van der Waals surface area contributed by atoms with Crippen molar-refractivity contribution in [3.63, 3.8) is 0 Å². The van der Waals surface area contributed by atoms with Crippen LogP contribution in [0, 0.1) is 6.92 Å². The van der Waals surface area contributed by atoms with Crippen LogP contribution in [0.3, 0.4) is 0 Å². The minimum atomic E-state index is -0.485. The van der Waals surface area contributed by atoms with E-state index >= 15 is 0 Å². The van der Waals surface area contributed by atoms with Crippen molar-refractivity contribution in [1.29, 1.82) is 0 Å². The second-order valence-electron chi connectivity index (χ2n) is 4.23. The molecule has 1 aromatic heterocycles. The third-order valence-corrected chi connectivity index (χ3v) is 2.91. The van der Waals surface area contributed by atoms with Crippen LogP contribution in [0.15, 0.2) is 12.3 Å². The number of nitrogens with zero attached hydrogens (tertiary/aromatic N) is 2. The van der Waals surface area contributed by atoms with E-state index < -0.39 is 6.04 Å². The van der Waals surface area contributed by atoms with E-state index in [2.05, 4.69) is 4.98 Å². The van der Waals surface area contributed by atoms with Gasteiger partial charge in [-0.05, 0) is 18.6 Å². The Balaban J connectivity index is 2.30. The SMILES string of the molecule is COC(=O)C1COCCN1c1ncc(C)cc1N. The van der Waals surface area contributed by atoms with Gasteiger partial charge in [-0.3, -0.25) is 0 Å². The van der Waals surface area contributed by atoms with E-state index in [1.165, 1.54) is 7.11 Å². The summed E-state index contributed by atoms with van der Waals surface area (Å²) in [4.78, 5) is 17.9. The molecule has 0 radical (unpaired) electrons. The average Bonchev–Trinajstić information content (AvgIpc) is 2.38. The largest absolute Gasteiger partial charge is 0.467 e. The minimum absolute atomic E-state index is 0.293. The van der Waals surface area contributed by atoms with Gasteiger partial charge < -0.3 is 20.1 Å². The van der Waals surface area contributed by atoms with Gasteiger partial charge in [0, 0.05) is 12.7 Å². The van der Waals surface area contributed by atoms with Crippen molar-refractivity contribution in [2.24, 2.45) is 0 Å². The summed E-state index contributed by atoms with van der Waals surface area (Å²) < 4.78 is 10.1. The van der Waals surface area contributed by atoms with Gasteiger partial charge in [0.05, 0.1) is 26.0 Å². The Morgan fingerprint density at radius 1 is 1.67 bits per heavy atom. The number of esters is 1. The van der Waals surface area contributed by atoms with Gasteiger partial charge in [-0.15, -0.1) is 0 Å². The number of aryl methyl sites for hydroxylation is 1. The Morgan fingerprint density at radius 3 is 3.11 bits per heavy atom. The first-order valence-corrected chi connectivity index (χ1v) is 5.78. The maximum Gasteiger partial charge on any atom is 0.330 e. The highest BCUT2D eigenvalue weighted by Crippen LogP contribution is 2.25. The molecule has 98 valence electrons. The topological polar surface area (TPSA) is 77.7 Å². The zero-order chi connectivity index (χ0) is 13.1. The molecule has 1 saturated heterocycles. The van der Waals surface area contributed by atoms with E-state index in [1.807, 2.05) is 17.9 Å². The van der Waals surface area contributed by atoms with Gasteiger partial charge in [-0.2, -0.15) is 0 Å². The number of nitrogen functional groups attached to an aromatic ring is 1. The maximum absolute atomic E-state index is 11.7. The van der Waals surface area contributed by atoms with E-state index in [1.54, 1.807) is 6.20 Å². The van der Waals surface area contributed by atoms with E-state index in [0.29, 0.717) is 31.3 Å². The molecule has 1 atom stereocenters. The fraction of sp³-hybridized carbons (Fsp3) is 0.500. The molecular formula is C12H17N3O3. The molecule has 1 fully saturated rings. The number of hydrogen-bond acceptors (Lipinski definition) is 6. The van der Waals surface area contributed by atoms with Gasteiger partial charge in [0.25, 0.3) is 0 Å². The Bertz CT molecular complexity index is 450. The van der Waals surface area contributed by atoms with Crippen molar-refractivity contribution in [2.45, 2.75) is 13.0 Å². The molecule has 0 aromatic carbocycles. The molecule has 1 aliphatic rings. The van der Waals surface area contributed by atoms with Crippen molar-refractivity contribution in [3.05, 3.63) is 17.8 Å². The summed E-state index contributed by atoms with van der Waals surface area (Å²) in [7, 11) is 1.36. The number of ether oxygens (including phenoxy) is 2. The molecule has 0 aliphatic carbocycles. The van der Waals surface area contributed by atoms with Crippen LogP contribution in [-0.4, -0.2) is 43.9 Å². The molecule has 6 nitrogen and oxygen atoms in total. The normalized spacial score (nSPS) is 19.7. The van der Waals surface area contributed by atoms with Crippen molar-refractivity contribution < 1.29 is 14.3 Å². The van der Waals surface area contributed by atoms with Crippen LogP contribution in [-0.2, 0) is 14.3 Å². The summed E-state index contributed by atoms with van der Waals surface area (Å²) in [5.41, 5.74) is 7.51.